The van der Waals surface area contributed by atoms with E-state index in [0.29, 0.717) is 5.69 Å². The number of hydrogen-bond donors (Lipinski definition) is 3. The number of rotatable bonds is 4. The van der Waals surface area contributed by atoms with E-state index >= 15 is 0 Å². The third kappa shape index (κ3) is 3.85. The second-order valence-electron chi connectivity index (χ2n) is 7.79. The fourth-order valence-corrected chi connectivity index (χ4v) is 5.24. The zero-order chi connectivity index (χ0) is 21.4. The molecule has 9 heteroatoms. The molecule has 1 saturated carbocycles. The number of aryl methyl sites for hydroxylation is 1. The van der Waals surface area contributed by atoms with Crippen molar-refractivity contribution in [2.45, 2.75) is 49.6 Å². The number of guanidine groups is 2. The lowest BCUT2D eigenvalue weighted by Crippen LogP contribution is -2.58. The Morgan fingerprint density at radius 1 is 1.03 bits per heavy atom. The first-order valence-corrected chi connectivity index (χ1v) is 11.5. The molecule has 2 aromatic carbocycles. The van der Waals surface area contributed by atoms with Crippen molar-refractivity contribution < 1.29 is 8.42 Å². The van der Waals surface area contributed by atoms with E-state index in [9.17, 15) is 8.42 Å². The van der Waals surface area contributed by atoms with E-state index in [2.05, 4.69) is 14.7 Å². The van der Waals surface area contributed by atoms with Crippen LogP contribution in [0.25, 0.3) is 0 Å². The molecule has 0 saturated heterocycles. The molecule has 158 valence electrons. The van der Waals surface area contributed by atoms with Crippen LogP contribution in [0, 0.1) is 6.92 Å². The van der Waals surface area contributed by atoms with Crippen LogP contribution < -0.4 is 21.1 Å². The van der Waals surface area contributed by atoms with Gasteiger partial charge in [0.05, 0.1) is 4.90 Å². The Labute approximate surface area is 176 Å². The molecule has 0 unspecified atom stereocenters. The number of anilines is 2. The molecule has 2 aliphatic rings. The predicted molar refractivity (Wildman–Crippen MR) is 120 cm³/mol. The lowest BCUT2D eigenvalue weighted by atomic mass is 9.87. The van der Waals surface area contributed by atoms with Crippen LogP contribution in [0.2, 0.25) is 0 Å². The Hall–Kier alpha value is -3.07. The predicted octanol–water partition coefficient (Wildman–Crippen LogP) is 2.91. The molecule has 1 heterocycles. The Bertz CT molecular complexity index is 1100. The minimum absolute atomic E-state index is 0.168. The van der Waals surface area contributed by atoms with Gasteiger partial charge in [0.15, 0.2) is 0 Å². The largest absolute Gasteiger partial charge is 0.369 e. The molecule has 8 nitrogen and oxygen atoms in total. The van der Waals surface area contributed by atoms with Gasteiger partial charge in [0, 0.05) is 11.4 Å². The highest BCUT2D eigenvalue weighted by Crippen LogP contribution is 2.39. The van der Waals surface area contributed by atoms with Crippen molar-refractivity contribution in [1.29, 1.82) is 0 Å². The van der Waals surface area contributed by atoms with E-state index in [1.165, 1.54) is 0 Å². The van der Waals surface area contributed by atoms with Gasteiger partial charge in [0.1, 0.15) is 5.66 Å². The van der Waals surface area contributed by atoms with Gasteiger partial charge in [-0.15, -0.1) is 0 Å². The first-order valence-electron chi connectivity index (χ1n) is 9.98. The number of hydrogen-bond acceptors (Lipinski definition) is 7. The third-order valence-corrected chi connectivity index (χ3v) is 6.92. The summed E-state index contributed by atoms with van der Waals surface area (Å²) < 4.78 is 28.2. The Kier molecular flexibility index (Phi) is 5.15. The van der Waals surface area contributed by atoms with Crippen LogP contribution in [0.15, 0.2) is 63.4 Å². The summed E-state index contributed by atoms with van der Waals surface area (Å²) in [6.45, 7) is 1.91. The van der Waals surface area contributed by atoms with Gasteiger partial charge < -0.3 is 11.5 Å². The van der Waals surface area contributed by atoms with Crippen molar-refractivity contribution >= 4 is 33.3 Å². The van der Waals surface area contributed by atoms with Crippen LogP contribution in [0.4, 0.5) is 11.4 Å². The van der Waals surface area contributed by atoms with Gasteiger partial charge in [-0.05, 0) is 74.6 Å². The molecule has 1 aliphatic carbocycles. The highest BCUT2D eigenvalue weighted by molar-refractivity contribution is 7.92. The minimum atomic E-state index is -3.71. The average Bonchev–Trinajstić information content (AvgIpc) is 2.68. The van der Waals surface area contributed by atoms with Gasteiger partial charge in [-0.3, -0.25) is 9.62 Å². The van der Waals surface area contributed by atoms with E-state index < -0.39 is 15.7 Å². The number of benzene rings is 2. The molecule has 0 bridgehead atoms. The number of nitrogens with one attached hydrogen (secondary N) is 1. The van der Waals surface area contributed by atoms with Crippen LogP contribution in [0.1, 0.15) is 37.7 Å². The van der Waals surface area contributed by atoms with E-state index in [1.807, 2.05) is 24.0 Å². The molecule has 5 N–H and O–H groups in total. The summed E-state index contributed by atoms with van der Waals surface area (Å²) in [5.74, 6) is 0.463. The molecule has 4 rings (SSSR count). The molecule has 0 atom stereocenters. The summed E-state index contributed by atoms with van der Waals surface area (Å²) in [7, 11) is -3.71. The van der Waals surface area contributed by atoms with E-state index in [0.717, 1.165) is 43.4 Å². The first-order chi connectivity index (χ1) is 14.3. The molecule has 1 fully saturated rings. The summed E-state index contributed by atoms with van der Waals surface area (Å²) in [4.78, 5) is 10.8. The molecule has 0 radical (unpaired) electrons. The fourth-order valence-electron chi connectivity index (χ4n) is 4.19. The normalized spacial score (nSPS) is 18.6. The van der Waals surface area contributed by atoms with Crippen molar-refractivity contribution in [2.75, 3.05) is 9.62 Å². The summed E-state index contributed by atoms with van der Waals surface area (Å²) >= 11 is 0. The smallest absolute Gasteiger partial charge is 0.261 e. The number of aliphatic imine (C=N–C) groups is 2. The highest BCUT2D eigenvalue weighted by Gasteiger charge is 2.42. The van der Waals surface area contributed by atoms with Crippen LogP contribution in [0.3, 0.4) is 0 Å². The molecule has 0 amide bonds. The fraction of sp³-hybridized carbons (Fsp3) is 0.333. The van der Waals surface area contributed by atoms with E-state index in [-0.39, 0.29) is 16.8 Å². The van der Waals surface area contributed by atoms with Crippen molar-refractivity contribution in [1.82, 2.24) is 0 Å². The Morgan fingerprint density at radius 3 is 2.40 bits per heavy atom. The SMILES string of the molecule is Cc1cccc(NS(=O)(=O)c2ccc(N3C(N)=NC(N)=NC34CCCCC4)cc2)c1. The standard InChI is InChI=1S/C21H26N6O2S/c1-15-6-5-7-16(14-15)26-30(28,29)18-10-8-17(9-11-18)27-20(23)24-19(22)25-21(27)12-3-2-4-13-21/h5-11,14,26H,2-4,12-13H2,1H3,(H4,22,23,24,25). The molecular formula is C21H26N6O2S. The van der Waals surface area contributed by atoms with Gasteiger partial charge in [0.25, 0.3) is 10.0 Å². The van der Waals surface area contributed by atoms with Gasteiger partial charge in [-0.1, -0.05) is 18.6 Å². The van der Waals surface area contributed by atoms with Gasteiger partial charge in [0.2, 0.25) is 11.9 Å². The summed E-state index contributed by atoms with van der Waals surface area (Å²) in [6, 6.07) is 13.8. The quantitative estimate of drug-likeness (QED) is 0.693. The maximum Gasteiger partial charge on any atom is 0.261 e. The van der Waals surface area contributed by atoms with Crippen molar-refractivity contribution in [3.63, 3.8) is 0 Å². The van der Waals surface area contributed by atoms with Crippen LogP contribution in [0.5, 0.6) is 0 Å². The summed E-state index contributed by atoms with van der Waals surface area (Å²) in [5, 5.41) is 0. The van der Waals surface area contributed by atoms with E-state index in [4.69, 9.17) is 11.5 Å². The van der Waals surface area contributed by atoms with Crippen LogP contribution in [-0.2, 0) is 10.0 Å². The van der Waals surface area contributed by atoms with Crippen molar-refractivity contribution in [3.05, 3.63) is 54.1 Å². The minimum Gasteiger partial charge on any atom is -0.369 e. The topological polar surface area (TPSA) is 126 Å². The maximum atomic E-state index is 12.8. The molecule has 1 aliphatic heterocycles. The zero-order valence-electron chi connectivity index (χ0n) is 16.9. The summed E-state index contributed by atoms with van der Waals surface area (Å²) in [6.07, 6.45) is 4.82. The number of sulfonamides is 1. The summed E-state index contributed by atoms with van der Waals surface area (Å²) in [5.41, 5.74) is 13.8. The van der Waals surface area contributed by atoms with Crippen LogP contribution >= 0.6 is 0 Å². The molecule has 0 aromatic heterocycles. The molecule has 1 spiro atoms. The van der Waals surface area contributed by atoms with Gasteiger partial charge in [-0.25, -0.2) is 13.4 Å². The maximum absolute atomic E-state index is 12.8. The first kappa shape index (κ1) is 20.2. The second-order valence-corrected chi connectivity index (χ2v) is 9.47. The van der Waals surface area contributed by atoms with Crippen molar-refractivity contribution in [2.24, 2.45) is 21.5 Å². The lowest BCUT2D eigenvalue weighted by molar-refractivity contribution is 0.305. The third-order valence-electron chi connectivity index (χ3n) is 5.53. The molecular weight excluding hydrogens is 400 g/mol. The second kappa shape index (κ2) is 7.64. The molecule has 2 aromatic rings. The Morgan fingerprint density at radius 2 is 1.73 bits per heavy atom. The van der Waals surface area contributed by atoms with Crippen LogP contribution in [-0.4, -0.2) is 26.0 Å². The average molecular weight is 427 g/mol. The van der Waals surface area contributed by atoms with Crippen molar-refractivity contribution in [3.8, 4) is 0 Å². The Balaban J connectivity index is 1.63. The van der Waals surface area contributed by atoms with Gasteiger partial charge in [-0.2, -0.15) is 4.99 Å². The van der Waals surface area contributed by atoms with Gasteiger partial charge >= 0.3 is 0 Å². The molecule has 30 heavy (non-hydrogen) atoms. The lowest BCUT2D eigenvalue weighted by Gasteiger charge is -2.45. The number of nitrogens with two attached hydrogens (primary N) is 2. The zero-order valence-corrected chi connectivity index (χ0v) is 17.7. The van der Waals surface area contributed by atoms with E-state index in [1.54, 1.807) is 36.4 Å². The monoisotopic (exact) mass is 426 g/mol. The highest BCUT2D eigenvalue weighted by atomic mass is 32.2. The number of nitrogens with zero attached hydrogens (tertiary/aromatic N) is 3.